The first-order chi connectivity index (χ1) is 18.7. The average Bonchev–Trinajstić information content (AvgIpc) is 3.41. The third kappa shape index (κ3) is 8.88. The van der Waals surface area contributed by atoms with Crippen LogP contribution in [0.1, 0.15) is 56.4 Å². The van der Waals surface area contributed by atoms with E-state index in [2.05, 4.69) is 54.8 Å². The second-order valence-electron chi connectivity index (χ2n) is 10.3. The van der Waals surface area contributed by atoms with Gasteiger partial charge < -0.3 is 30.1 Å². The van der Waals surface area contributed by atoms with Crippen molar-refractivity contribution in [3.8, 4) is 28.6 Å². The third-order valence-electron chi connectivity index (χ3n) is 6.24. The van der Waals surface area contributed by atoms with Crippen LogP contribution in [0.5, 0.6) is 5.75 Å². The van der Waals surface area contributed by atoms with Crippen LogP contribution in [0.25, 0.3) is 22.8 Å². The fourth-order valence-electron chi connectivity index (χ4n) is 4.36. The van der Waals surface area contributed by atoms with Gasteiger partial charge in [-0.05, 0) is 78.7 Å². The molecule has 1 heterocycles. The quantitative estimate of drug-likeness (QED) is 0.230. The number of nitrogens with one attached hydrogen (secondary N) is 2. The van der Waals surface area contributed by atoms with E-state index < -0.39 is 18.6 Å². The Morgan fingerprint density at radius 1 is 1.08 bits per heavy atom. The Labute approximate surface area is 231 Å². The highest BCUT2D eigenvalue weighted by atomic mass is 16.5. The molecule has 212 valence electrons. The molecule has 1 atom stereocenters. The van der Waals surface area contributed by atoms with E-state index in [1.54, 1.807) is 0 Å². The number of aliphatic hydroxyl groups excluding tert-OH is 2. The lowest BCUT2D eigenvalue weighted by Crippen LogP contribution is -2.36. The van der Waals surface area contributed by atoms with E-state index in [0.717, 1.165) is 48.2 Å². The van der Waals surface area contributed by atoms with Crippen LogP contribution in [-0.2, 0) is 24.2 Å². The van der Waals surface area contributed by atoms with Gasteiger partial charge in [-0.25, -0.2) is 0 Å². The Balaban J connectivity index is 1.79. The van der Waals surface area contributed by atoms with Crippen LogP contribution in [0.4, 0.5) is 0 Å². The molecule has 9 heteroatoms. The maximum absolute atomic E-state index is 11.2. The minimum atomic E-state index is -0.905. The van der Waals surface area contributed by atoms with Gasteiger partial charge in [0, 0.05) is 24.2 Å². The molecule has 1 aromatic heterocycles. The Kier molecular flexibility index (Phi) is 11.5. The van der Waals surface area contributed by atoms with Crippen LogP contribution in [0.15, 0.2) is 34.9 Å². The van der Waals surface area contributed by atoms with Crippen molar-refractivity contribution in [2.45, 2.75) is 66.5 Å². The zero-order valence-corrected chi connectivity index (χ0v) is 23.7. The maximum atomic E-state index is 11.2. The summed E-state index contributed by atoms with van der Waals surface area (Å²) in [7, 11) is 0. The minimum Gasteiger partial charge on any atom is -0.490 e. The average molecular weight is 539 g/mol. The number of ether oxygens (including phenoxy) is 1. The van der Waals surface area contributed by atoms with E-state index in [4.69, 9.17) is 19.4 Å². The van der Waals surface area contributed by atoms with Crippen molar-refractivity contribution in [2.75, 3.05) is 26.3 Å². The van der Waals surface area contributed by atoms with Crippen molar-refractivity contribution in [1.82, 2.24) is 20.8 Å². The van der Waals surface area contributed by atoms with Crippen LogP contribution in [0.3, 0.4) is 0 Å². The number of rotatable bonds is 15. The molecule has 0 aliphatic carbocycles. The molecule has 3 rings (SSSR count). The molecule has 0 radical (unpaired) electrons. The van der Waals surface area contributed by atoms with E-state index in [-0.39, 0.29) is 13.2 Å². The molecule has 0 saturated carbocycles. The van der Waals surface area contributed by atoms with Gasteiger partial charge in [-0.2, -0.15) is 4.98 Å². The van der Waals surface area contributed by atoms with Crippen LogP contribution in [0.2, 0.25) is 0 Å². The second kappa shape index (κ2) is 14.8. The first kappa shape index (κ1) is 30.3. The molecule has 2 aromatic carbocycles. The highest BCUT2D eigenvalue weighted by molar-refractivity contribution is 5.76. The lowest BCUT2D eigenvalue weighted by atomic mass is 10.0. The van der Waals surface area contributed by atoms with Gasteiger partial charge in [0.05, 0.1) is 0 Å². The number of aromatic nitrogens is 2. The van der Waals surface area contributed by atoms with Crippen molar-refractivity contribution < 1.29 is 24.3 Å². The molecular formula is C30H42N4O5. The Hall–Kier alpha value is -3.27. The summed E-state index contributed by atoms with van der Waals surface area (Å²) in [5.74, 6) is 1.71. The predicted molar refractivity (Wildman–Crippen MR) is 151 cm³/mol. The van der Waals surface area contributed by atoms with Gasteiger partial charge >= 0.3 is 0 Å². The fraction of sp³-hybridized carbons (Fsp3) is 0.500. The van der Waals surface area contributed by atoms with Crippen molar-refractivity contribution in [3.05, 3.63) is 52.6 Å². The first-order valence-corrected chi connectivity index (χ1v) is 13.7. The minimum absolute atomic E-state index is 0.00141. The highest BCUT2D eigenvalue weighted by Gasteiger charge is 2.17. The highest BCUT2D eigenvalue weighted by Crippen LogP contribution is 2.31. The van der Waals surface area contributed by atoms with Crippen LogP contribution in [-0.4, -0.2) is 58.7 Å². The van der Waals surface area contributed by atoms with Crippen molar-refractivity contribution in [2.24, 2.45) is 5.92 Å². The molecule has 0 spiro atoms. The van der Waals surface area contributed by atoms with Crippen molar-refractivity contribution in [1.29, 1.82) is 0 Å². The van der Waals surface area contributed by atoms with Gasteiger partial charge in [0.15, 0.2) is 0 Å². The smallest absolute Gasteiger partial charge is 0.258 e. The van der Waals surface area contributed by atoms with Gasteiger partial charge in [-0.3, -0.25) is 4.79 Å². The zero-order chi connectivity index (χ0) is 28.4. The Bertz CT molecular complexity index is 1220. The number of carbonyl (C=O) groups is 1. The summed E-state index contributed by atoms with van der Waals surface area (Å²) in [5, 5.41) is 29.2. The Morgan fingerprint density at radius 3 is 2.54 bits per heavy atom. The molecule has 0 fully saturated rings. The van der Waals surface area contributed by atoms with E-state index >= 15 is 0 Å². The number of amides is 1. The summed E-state index contributed by atoms with van der Waals surface area (Å²) < 4.78 is 11.6. The number of hydrogen-bond donors (Lipinski definition) is 4. The van der Waals surface area contributed by atoms with Gasteiger partial charge in [-0.15, -0.1) is 0 Å². The monoisotopic (exact) mass is 538 g/mol. The summed E-state index contributed by atoms with van der Waals surface area (Å²) in [6.07, 6.45) is 1.84. The summed E-state index contributed by atoms with van der Waals surface area (Å²) in [6.45, 7) is 11.7. The topological polar surface area (TPSA) is 130 Å². The molecule has 3 aromatic rings. The SMILES string of the molecule is CCCc1cc(CNCC(C)C)cc(-c2nc(-c3cc(C)c(OC[C@@H](O)CNC(=O)CO)c(CC)c3)no2)c1. The van der Waals surface area contributed by atoms with Crippen molar-refractivity contribution in [3.63, 3.8) is 0 Å². The summed E-state index contributed by atoms with van der Waals surface area (Å²) in [6, 6.07) is 10.4. The standard InChI is InChI=1S/C30H42N4O5/c1-6-8-21-10-22(15-31-14-19(3)4)12-25(11-21)30-33-29(34-39-30)24-9-20(5)28(23(7-2)13-24)38-18-26(36)16-32-27(37)17-35/h9-13,19,26,31,35-36H,6-8,14-18H2,1-5H3,(H,32,37)/t26-/m0/s1. The third-order valence-corrected chi connectivity index (χ3v) is 6.24. The summed E-state index contributed by atoms with van der Waals surface area (Å²) in [5.41, 5.74) is 6.01. The molecule has 9 nitrogen and oxygen atoms in total. The lowest BCUT2D eigenvalue weighted by Gasteiger charge is -2.17. The van der Waals surface area contributed by atoms with E-state index in [1.165, 1.54) is 11.1 Å². The molecule has 4 N–H and O–H groups in total. The summed E-state index contributed by atoms with van der Waals surface area (Å²) >= 11 is 0. The molecule has 0 aliphatic heterocycles. The molecule has 39 heavy (non-hydrogen) atoms. The molecular weight excluding hydrogens is 496 g/mol. The molecule has 0 aliphatic rings. The molecule has 0 bridgehead atoms. The number of aliphatic hydroxyl groups is 2. The van der Waals surface area contributed by atoms with Crippen LogP contribution in [0, 0.1) is 12.8 Å². The van der Waals surface area contributed by atoms with Gasteiger partial charge in [0.2, 0.25) is 11.7 Å². The van der Waals surface area contributed by atoms with E-state index in [0.29, 0.717) is 29.8 Å². The van der Waals surface area contributed by atoms with Crippen molar-refractivity contribution >= 4 is 5.91 Å². The Morgan fingerprint density at radius 2 is 1.85 bits per heavy atom. The normalized spacial score (nSPS) is 12.1. The molecule has 1 amide bonds. The predicted octanol–water partition coefficient (Wildman–Crippen LogP) is 3.82. The van der Waals surface area contributed by atoms with Crippen LogP contribution >= 0.6 is 0 Å². The first-order valence-electron chi connectivity index (χ1n) is 13.7. The fourth-order valence-corrected chi connectivity index (χ4v) is 4.36. The largest absolute Gasteiger partial charge is 0.490 e. The molecule has 0 saturated heterocycles. The number of hydrogen-bond acceptors (Lipinski definition) is 8. The van der Waals surface area contributed by atoms with Gasteiger partial charge in [0.1, 0.15) is 25.1 Å². The van der Waals surface area contributed by atoms with Gasteiger partial charge in [-0.1, -0.05) is 45.3 Å². The van der Waals surface area contributed by atoms with Gasteiger partial charge in [0.25, 0.3) is 5.89 Å². The van der Waals surface area contributed by atoms with Crippen LogP contribution < -0.4 is 15.4 Å². The second-order valence-corrected chi connectivity index (χ2v) is 10.3. The number of benzene rings is 2. The lowest BCUT2D eigenvalue weighted by molar-refractivity contribution is -0.124. The number of aryl methyl sites for hydroxylation is 3. The zero-order valence-electron chi connectivity index (χ0n) is 23.7. The van der Waals surface area contributed by atoms with E-state index in [1.807, 2.05) is 26.0 Å². The number of carbonyl (C=O) groups excluding carboxylic acids is 1. The molecule has 0 unspecified atom stereocenters. The summed E-state index contributed by atoms with van der Waals surface area (Å²) in [4.78, 5) is 15.9. The maximum Gasteiger partial charge on any atom is 0.258 e. The number of nitrogens with zero attached hydrogens (tertiary/aromatic N) is 2. The van der Waals surface area contributed by atoms with E-state index in [9.17, 15) is 9.90 Å².